The van der Waals surface area contributed by atoms with Gasteiger partial charge in [-0.3, -0.25) is 0 Å². The summed E-state index contributed by atoms with van der Waals surface area (Å²) in [7, 11) is 3.76. The van der Waals surface area contributed by atoms with E-state index in [2.05, 4.69) is 25.3 Å². The Balaban J connectivity index is 1.53. The molecule has 5 N–H and O–H groups in total. The quantitative estimate of drug-likeness (QED) is 0.196. The molecule has 0 saturated carbocycles. The van der Waals surface area contributed by atoms with Crippen LogP contribution in [-0.4, -0.2) is 70.8 Å². The van der Waals surface area contributed by atoms with E-state index in [1.807, 2.05) is 32.0 Å². The number of nitriles is 1. The molecule has 3 atom stereocenters. The van der Waals surface area contributed by atoms with Gasteiger partial charge in [-0.25, -0.2) is 23.1 Å². The first-order chi connectivity index (χ1) is 22.0. The van der Waals surface area contributed by atoms with Crippen molar-refractivity contribution in [3.63, 3.8) is 0 Å². The molecular weight excluding hydrogens is 643 g/mol. The highest BCUT2D eigenvalue weighted by Crippen LogP contribution is 2.46. The van der Waals surface area contributed by atoms with Crippen molar-refractivity contribution >= 4 is 60.6 Å². The molecular formula is C30H27ClF3N9O2S. The highest BCUT2D eigenvalue weighted by Gasteiger charge is 2.33. The number of ether oxygens (including phenoxy) is 2. The number of anilines is 3. The van der Waals surface area contributed by atoms with Gasteiger partial charge in [0, 0.05) is 52.2 Å². The molecule has 1 saturated heterocycles. The fourth-order valence-corrected chi connectivity index (χ4v) is 6.73. The molecule has 2 aromatic carbocycles. The van der Waals surface area contributed by atoms with Crippen molar-refractivity contribution in [3.8, 4) is 23.2 Å². The lowest BCUT2D eigenvalue weighted by Gasteiger charge is -2.24. The zero-order valence-corrected chi connectivity index (χ0v) is 26.3. The fourth-order valence-electron chi connectivity index (χ4n) is 5.51. The Morgan fingerprint density at radius 1 is 1.20 bits per heavy atom. The number of nitrogens with one attached hydrogen (secondary N) is 1. The molecule has 1 fully saturated rings. The molecule has 6 rings (SSSR count). The van der Waals surface area contributed by atoms with Crippen LogP contribution >= 0.6 is 22.9 Å². The van der Waals surface area contributed by atoms with Crippen molar-refractivity contribution in [2.45, 2.75) is 25.0 Å². The summed E-state index contributed by atoms with van der Waals surface area (Å²) in [4.78, 5) is 19.0. The molecule has 3 aromatic heterocycles. The molecule has 0 amide bonds. The van der Waals surface area contributed by atoms with Crippen molar-refractivity contribution in [2.75, 3.05) is 50.6 Å². The van der Waals surface area contributed by atoms with E-state index in [0.717, 1.165) is 11.3 Å². The minimum Gasteiger partial charge on any atom is -0.456 e. The maximum absolute atomic E-state index is 16.8. The lowest BCUT2D eigenvalue weighted by Crippen LogP contribution is -2.41. The Labute approximate surface area is 269 Å². The average Bonchev–Trinajstić information content (AvgIpc) is 3.62. The van der Waals surface area contributed by atoms with Crippen LogP contribution in [0.3, 0.4) is 0 Å². The molecule has 11 nitrogen and oxygen atoms in total. The van der Waals surface area contributed by atoms with Crippen LogP contribution in [0.1, 0.15) is 24.0 Å². The van der Waals surface area contributed by atoms with Gasteiger partial charge in [0.2, 0.25) is 0 Å². The van der Waals surface area contributed by atoms with Crippen molar-refractivity contribution in [1.29, 1.82) is 5.26 Å². The van der Waals surface area contributed by atoms with Gasteiger partial charge in [0.15, 0.2) is 5.82 Å². The summed E-state index contributed by atoms with van der Waals surface area (Å²) in [5, 5.41) is 12.7. The van der Waals surface area contributed by atoms with Gasteiger partial charge >= 0.3 is 6.01 Å². The normalized spacial score (nSPS) is 17.1. The zero-order chi connectivity index (χ0) is 32.9. The predicted octanol–water partition coefficient (Wildman–Crippen LogP) is 5.33. The molecule has 238 valence electrons. The lowest BCUT2D eigenvalue weighted by atomic mass is 9.96. The first kappa shape index (κ1) is 31.5. The number of benzene rings is 2. The number of nitrogens with zero attached hydrogens (tertiary/aromatic N) is 6. The van der Waals surface area contributed by atoms with Crippen LogP contribution in [0.4, 0.5) is 29.8 Å². The Morgan fingerprint density at radius 2 is 1.98 bits per heavy atom. The molecule has 0 radical (unpaired) electrons. The van der Waals surface area contributed by atoms with Gasteiger partial charge in [-0.05, 0) is 20.2 Å². The first-order valence-corrected chi connectivity index (χ1v) is 15.2. The Bertz CT molecular complexity index is 2040. The number of thiophene rings is 1. The number of hydrogen-bond donors (Lipinski definition) is 3. The van der Waals surface area contributed by atoms with Crippen LogP contribution in [0.5, 0.6) is 6.01 Å². The number of rotatable bonds is 8. The summed E-state index contributed by atoms with van der Waals surface area (Å²) >= 11 is 7.41. The van der Waals surface area contributed by atoms with E-state index in [9.17, 15) is 9.65 Å². The number of hydrogen-bond acceptors (Lipinski definition) is 12. The van der Waals surface area contributed by atoms with Gasteiger partial charge in [0.1, 0.15) is 52.3 Å². The summed E-state index contributed by atoms with van der Waals surface area (Å²) < 4.78 is 58.8. The third-order valence-electron chi connectivity index (χ3n) is 7.92. The molecule has 1 aliphatic heterocycles. The number of nitrogen functional groups attached to an aromatic ring is 2. The average molecular weight is 670 g/mol. The van der Waals surface area contributed by atoms with Crippen LogP contribution in [0.25, 0.3) is 32.1 Å². The smallest absolute Gasteiger partial charge is 0.319 e. The number of halogens is 4. The van der Waals surface area contributed by atoms with Gasteiger partial charge in [-0.2, -0.15) is 15.2 Å². The summed E-state index contributed by atoms with van der Waals surface area (Å²) in [6.45, 7) is 2.83. The second kappa shape index (κ2) is 12.4. The Morgan fingerprint density at radius 3 is 2.70 bits per heavy atom. The van der Waals surface area contributed by atoms with Crippen LogP contribution < -0.4 is 21.5 Å². The van der Waals surface area contributed by atoms with Gasteiger partial charge in [0.25, 0.3) is 0 Å². The second-order valence-electron chi connectivity index (χ2n) is 11.0. The van der Waals surface area contributed by atoms with Crippen molar-refractivity contribution in [1.82, 2.24) is 24.8 Å². The van der Waals surface area contributed by atoms with E-state index < -0.39 is 34.7 Å². The van der Waals surface area contributed by atoms with Crippen molar-refractivity contribution in [3.05, 3.63) is 58.3 Å². The number of aromatic nitrogens is 4. The van der Waals surface area contributed by atoms with E-state index >= 15 is 8.78 Å². The van der Waals surface area contributed by atoms with E-state index in [-0.39, 0.29) is 73.5 Å². The summed E-state index contributed by atoms with van der Waals surface area (Å²) in [6, 6.07) is 3.57. The zero-order valence-electron chi connectivity index (χ0n) is 24.7. The van der Waals surface area contributed by atoms with E-state index in [0.29, 0.717) is 24.1 Å². The fraction of sp³-hybridized carbons (Fsp3) is 0.300. The number of fused-ring (bicyclic) bond motifs is 2. The highest BCUT2D eigenvalue weighted by atomic mass is 35.5. The molecule has 0 spiro atoms. The Hall–Kier alpha value is -4.49. The minimum atomic E-state index is -1.13. The molecule has 0 bridgehead atoms. The Kier molecular flexibility index (Phi) is 8.47. The minimum absolute atomic E-state index is 0.0436. The van der Waals surface area contributed by atoms with Crippen LogP contribution in [0, 0.1) is 28.8 Å². The van der Waals surface area contributed by atoms with Crippen LogP contribution in [-0.2, 0) is 4.74 Å². The second-order valence-corrected chi connectivity index (χ2v) is 12.5. The summed E-state index contributed by atoms with van der Waals surface area (Å²) in [5.74, 6) is -2.81. The topological polar surface area (TPSA) is 161 Å². The standard InChI is InChI=1S/C30H27ClF3N9O2S/c1-12(15-8-38-11-40-27(15)36)7-39-29-13-4-16(31)22(23-17(32)5-18(33)26-21(23)14(6-35)28(37)46-26)24(34)25(13)41-30(42-29)45-20-10-44-9-19(20)43(2)3/h4-5,8,11-12,19-20H,7,9-10,37H2,1-3H3,(H2,36,38,40)(H,39,41,42)/t12-,19+,20-/m0/s1. The molecule has 5 aromatic rings. The molecule has 46 heavy (non-hydrogen) atoms. The van der Waals surface area contributed by atoms with Crippen molar-refractivity contribution in [2.24, 2.45) is 0 Å². The molecule has 16 heteroatoms. The van der Waals surface area contributed by atoms with Gasteiger partial charge in [0.05, 0.1) is 34.5 Å². The van der Waals surface area contributed by atoms with Gasteiger partial charge in [-0.1, -0.05) is 18.5 Å². The van der Waals surface area contributed by atoms with Crippen molar-refractivity contribution < 1.29 is 22.6 Å². The molecule has 0 aliphatic carbocycles. The number of nitrogens with two attached hydrogens (primary N) is 2. The number of likely N-dealkylation sites (N-methyl/N-ethyl adjacent to an activating group) is 1. The van der Waals surface area contributed by atoms with Gasteiger partial charge in [-0.15, -0.1) is 11.3 Å². The predicted molar refractivity (Wildman–Crippen MR) is 170 cm³/mol. The lowest BCUT2D eigenvalue weighted by molar-refractivity contribution is 0.117. The summed E-state index contributed by atoms with van der Waals surface area (Å²) in [5.41, 5.74) is 11.4. The SMILES string of the molecule is C[C@@H](CNc1nc(O[C@H]2COC[C@H]2N(C)C)nc2c(F)c(-c3c(F)cc(F)c4sc(N)c(C#N)c34)c(Cl)cc12)c1cncnc1N. The highest BCUT2D eigenvalue weighted by molar-refractivity contribution is 7.23. The van der Waals surface area contributed by atoms with Crippen LogP contribution in [0.15, 0.2) is 24.7 Å². The third-order valence-corrected chi connectivity index (χ3v) is 9.24. The first-order valence-electron chi connectivity index (χ1n) is 14.0. The maximum Gasteiger partial charge on any atom is 0.319 e. The molecule has 4 heterocycles. The third kappa shape index (κ3) is 5.47. The van der Waals surface area contributed by atoms with Gasteiger partial charge < -0.3 is 31.2 Å². The monoisotopic (exact) mass is 669 g/mol. The van der Waals surface area contributed by atoms with E-state index in [4.69, 9.17) is 32.5 Å². The largest absolute Gasteiger partial charge is 0.456 e. The van der Waals surface area contributed by atoms with Crippen LogP contribution in [0.2, 0.25) is 5.02 Å². The molecule has 1 aliphatic rings. The van der Waals surface area contributed by atoms with E-state index in [1.165, 1.54) is 12.4 Å². The summed E-state index contributed by atoms with van der Waals surface area (Å²) in [6.07, 6.45) is 2.48. The molecule has 0 unspecified atom stereocenters. The van der Waals surface area contributed by atoms with E-state index in [1.54, 1.807) is 6.20 Å². The maximum atomic E-state index is 16.8.